The van der Waals surface area contributed by atoms with E-state index in [0.717, 1.165) is 14.6 Å². The van der Waals surface area contributed by atoms with Gasteiger partial charge in [0.2, 0.25) is 0 Å². The Morgan fingerprint density at radius 2 is 2.30 bits per heavy atom. The van der Waals surface area contributed by atoms with Crippen molar-refractivity contribution in [3.63, 3.8) is 0 Å². The zero-order valence-electron chi connectivity index (χ0n) is 4.87. The van der Waals surface area contributed by atoms with Crippen molar-refractivity contribution < 1.29 is 0 Å². The van der Waals surface area contributed by atoms with Gasteiger partial charge in [-0.15, -0.1) is 5.10 Å². The lowest BCUT2D eigenvalue weighted by Crippen LogP contribution is -1.77. The number of H-pyrrole nitrogens is 1. The van der Waals surface area contributed by atoms with Gasteiger partial charge in [0, 0.05) is 6.20 Å². The molecule has 0 aromatic carbocycles. The highest BCUT2D eigenvalue weighted by atomic mass is 127. The third-order valence-corrected chi connectivity index (χ3v) is 1.98. The lowest BCUT2D eigenvalue weighted by Gasteiger charge is -1.86. The van der Waals surface area contributed by atoms with Crippen LogP contribution in [0.15, 0.2) is 12.4 Å². The Hall–Kier alpha value is -0.720. The molecular formula is C5H3IN4. The van der Waals surface area contributed by atoms with Crippen molar-refractivity contribution in [2.45, 2.75) is 0 Å². The molecule has 0 unspecified atom stereocenters. The molecular weight excluding hydrogens is 243 g/mol. The number of fused-ring (bicyclic) bond motifs is 1. The maximum absolute atomic E-state index is 3.97. The van der Waals surface area contributed by atoms with Crippen molar-refractivity contribution in [2.75, 3.05) is 0 Å². The zero-order chi connectivity index (χ0) is 6.97. The van der Waals surface area contributed by atoms with Gasteiger partial charge in [0.05, 0.1) is 9.77 Å². The summed E-state index contributed by atoms with van der Waals surface area (Å²) in [7, 11) is 0. The van der Waals surface area contributed by atoms with Crippen LogP contribution in [0.2, 0.25) is 0 Å². The molecule has 1 N–H and O–H groups in total. The molecule has 2 heterocycles. The molecule has 0 aliphatic heterocycles. The first-order chi connectivity index (χ1) is 4.88. The minimum atomic E-state index is 0.881. The summed E-state index contributed by atoms with van der Waals surface area (Å²) < 4.78 is 1.02. The topological polar surface area (TPSA) is 54.5 Å². The fraction of sp³-hybridized carbons (Fsp3) is 0. The second-order valence-electron chi connectivity index (χ2n) is 1.83. The van der Waals surface area contributed by atoms with Crippen LogP contribution in [-0.2, 0) is 0 Å². The van der Waals surface area contributed by atoms with E-state index in [1.54, 1.807) is 12.4 Å². The Bertz CT molecular complexity index is 355. The van der Waals surface area contributed by atoms with E-state index in [-0.39, 0.29) is 0 Å². The smallest absolute Gasteiger partial charge is 0.129 e. The van der Waals surface area contributed by atoms with Crippen LogP contribution in [0.5, 0.6) is 0 Å². The first-order valence-electron chi connectivity index (χ1n) is 2.68. The van der Waals surface area contributed by atoms with E-state index < -0.39 is 0 Å². The Balaban J connectivity index is 2.95. The predicted molar refractivity (Wildman–Crippen MR) is 44.4 cm³/mol. The van der Waals surface area contributed by atoms with Gasteiger partial charge in [-0.3, -0.25) is 10.1 Å². The second kappa shape index (κ2) is 2.15. The molecule has 0 saturated carbocycles. The third kappa shape index (κ3) is 0.772. The monoisotopic (exact) mass is 246 g/mol. The molecule has 2 aromatic rings. The van der Waals surface area contributed by atoms with Gasteiger partial charge in [0.25, 0.3) is 0 Å². The Kier molecular flexibility index (Phi) is 1.30. The second-order valence-corrected chi connectivity index (χ2v) is 2.99. The number of aromatic amines is 1. The lowest BCUT2D eigenvalue weighted by atomic mass is 10.4. The van der Waals surface area contributed by atoms with Gasteiger partial charge in [-0.1, -0.05) is 5.21 Å². The average molecular weight is 246 g/mol. The van der Waals surface area contributed by atoms with E-state index >= 15 is 0 Å². The van der Waals surface area contributed by atoms with Gasteiger partial charge < -0.3 is 0 Å². The maximum atomic E-state index is 3.97. The highest BCUT2D eigenvalue weighted by Gasteiger charge is 1.99. The lowest BCUT2D eigenvalue weighted by molar-refractivity contribution is 0.958. The van der Waals surface area contributed by atoms with Crippen LogP contribution in [-0.4, -0.2) is 20.4 Å². The van der Waals surface area contributed by atoms with Crippen molar-refractivity contribution in [1.29, 1.82) is 0 Å². The Morgan fingerprint density at radius 3 is 3.10 bits per heavy atom. The van der Waals surface area contributed by atoms with Crippen LogP contribution >= 0.6 is 22.6 Å². The van der Waals surface area contributed by atoms with E-state index in [1.165, 1.54) is 0 Å². The highest BCUT2D eigenvalue weighted by Crippen LogP contribution is 2.12. The molecule has 0 atom stereocenters. The fourth-order valence-corrected chi connectivity index (χ4v) is 1.30. The molecule has 0 saturated heterocycles. The Morgan fingerprint density at radius 1 is 1.40 bits per heavy atom. The molecule has 0 spiro atoms. The summed E-state index contributed by atoms with van der Waals surface area (Å²) >= 11 is 2.17. The van der Waals surface area contributed by atoms with Crippen molar-refractivity contribution in [2.24, 2.45) is 0 Å². The molecule has 0 aliphatic carbocycles. The standard InChI is InChI=1S/C5H3IN4/c6-3-1-7-2-4-5(3)9-10-8-4/h1-2H,(H,8,9,10). The molecule has 0 fully saturated rings. The van der Waals surface area contributed by atoms with E-state index in [4.69, 9.17) is 0 Å². The molecule has 5 heteroatoms. The molecule has 0 aliphatic rings. The molecule has 0 bridgehead atoms. The van der Waals surface area contributed by atoms with Crippen LogP contribution in [0.3, 0.4) is 0 Å². The molecule has 50 valence electrons. The minimum absolute atomic E-state index is 0.881. The number of pyridine rings is 1. The van der Waals surface area contributed by atoms with Gasteiger partial charge in [-0.25, -0.2) is 0 Å². The van der Waals surface area contributed by atoms with Crippen molar-refractivity contribution in [1.82, 2.24) is 20.4 Å². The van der Waals surface area contributed by atoms with Crippen LogP contribution in [0.25, 0.3) is 11.0 Å². The fourth-order valence-electron chi connectivity index (χ4n) is 0.740. The summed E-state index contributed by atoms with van der Waals surface area (Å²) in [6.07, 6.45) is 3.46. The third-order valence-electron chi connectivity index (χ3n) is 1.19. The molecule has 0 radical (unpaired) electrons. The van der Waals surface area contributed by atoms with Gasteiger partial charge in [0.15, 0.2) is 0 Å². The molecule has 0 amide bonds. The largest absolute Gasteiger partial charge is 0.261 e. The average Bonchev–Trinajstić information content (AvgIpc) is 2.36. The van der Waals surface area contributed by atoms with E-state index in [1.807, 2.05) is 0 Å². The molecule has 4 nitrogen and oxygen atoms in total. The predicted octanol–water partition coefficient (Wildman–Crippen LogP) is 0.957. The van der Waals surface area contributed by atoms with Crippen molar-refractivity contribution >= 4 is 33.6 Å². The number of hydrogen-bond acceptors (Lipinski definition) is 3. The number of nitrogens with zero attached hydrogens (tertiary/aromatic N) is 3. The first kappa shape index (κ1) is 6.02. The van der Waals surface area contributed by atoms with E-state index in [0.29, 0.717) is 0 Å². The van der Waals surface area contributed by atoms with Crippen molar-refractivity contribution in [3.05, 3.63) is 16.0 Å². The van der Waals surface area contributed by atoms with E-state index in [2.05, 4.69) is 43.0 Å². The van der Waals surface area contributed by atoms with Crippen molar-refractivity contribution in [3.8, 4) is 0 Å². The van der Waals surface area contributed by atoms with Gasteiger partial charge in [0.1, 0.15) is 11.0 Å². The Labute approximate surface area is 70.2 Å². The number of nitrogens with one attached hydrogen (secondary N) is 1. The summed E-state index contributed by atoms with van der Waals surface area (Å²) in [5.74, 6) is 0. The first-order valence-corrected chi connectivity index (χ1v) is 3.76. The van der Waals surface area contributed by atoms with Crippen LogP contribution in [0.1, 0.15) is 0 Å². The summed E-state index contributed by atoms with van der Waals surface area (Å²) in [5.41, 5.74) is 1.77. The number of halogens is 1. The van der Waals surface area contributed by atoms with Crippen LogP contribution < -0.4 is 0 Å². The summed E-state index contributed by atoms with van der Waals surface area (Å²) in [5, 5.41) is 10.2. The maximum Gasteiger partial charge on any atom is 0.129 e. The summed E-state index contributed by atoms with van der Waals surface area (Å²) in [6, 6.07) is 0. The van der Waals surface area contributed by atoms with Crippen LogP contribution in [0, 0.1) is 3.57 Å². The summed E-state index contributed by atoms with van der Waals surface area (Å²) in [6.45, 7) is 0. The highest BCUT2D eigenvalue weighted by molar-refractivity contribution is 14.1. The number of aromatic nitrogens is 4. The molecule has 10 heavy (non-hydrogen) atoms. The van der Waals surface area contributed by atoms with Crippen LogP contribution in [0.4, 0.5) is 0 Å². The number of rotatable bonds is 0. The van der Waals surface area contributed by atoms with Gasteiger partial charge >= 0.3 is 0 Å². The quantitative estimate of drug-likeness (QED) is 0.704. The normalized spacial score (nSPS) is 10.5. The number of hydrogen-bond donors (Lipinski definition) is 1. The van der Waals surface area contributed by atoms with Gasteiger partial charge in [-0.2, -0.15) is 0 Å². The zero-order valence-corrected chi connectivity index (χ0v) is 7.03. The molecule has 2 aromatic heterocycles. The minimum Gasteiger partial charge on any atom is -0.261 e. The molecule has 2 rings (SSSR count). The SMILES string of the molecule is Ic1cncc2[nH]nnc12. The van der Waals surface area contributed by atoms with Gasteiger partial charge in [-0.05, 0) is 22.6 Å². The van der Waals surface area contributed by atoms with E-state index in [9.17, 15) is 0 Å². The summed E-state index contributed by atoms with van der Waals surface area (Å²) in [4.78, 5) is 3.97.